The van der Waals surface area contributed by atoms with Gasteiger partial charge in [-0.2, -0.15) is 0 Å². The molecule has 2 saturated heterocycles. The summed E-state index contributed by atoms with van der Waals surface area (Å²) in [5, 5.41) is 9.81. The second-order valence-electron chi connectivity index (χ2n) is 5.79. The van der Waals surface area contributed by atoms with Crippen LogP contribution in [0.3, 0.4) is 0 Å². The zero-order chi connectivity index (χ0) is 13.1. The van der Waals surface area contributed by atoms with Crippen molar-refractivity contribution in [3.8, 4) is 0 Å². The van der Waals surface area contributed by atoms with Gasteiger partial charge in [-0.25, -0.2) is 0 Å². The summed E-state index contributed by atoms with van der Waals surface area (Å²) < 4.78 is 0. The van der Waals surface area contributed by atoms with Crippen molar-refractivity contribution in [1.82, 2.24) is 9.80 Å². The van der Waals surface area contributed by atoms with Crippen molar-refractivity contribution in [2.75, 3.05) is 32.7 Å². The molecule has 2 atom stereocenters. The predicted octanol–water partition coefficient (Wildman–Crippen LogP) is -0.361. The molecule has 0 aromatic rings. The lowest BCUT2D eigenvalue weighted by Crippen LogP contribution is -2.50. The largest absolute Gasteiger partial charge is 0.391 e. The van der Waals surface area contributed by atoms with Gasteiger partial charge in [0.2, 0.25) is 5.91 Å². The van der Waals surface area contributed by atoms with Crippen LogP contribution in [0, 0.1) is 5.92 Å². The zero-order valence-electron chi connectivity index (χ0n) is 11.2. The van der Waals surface area contributed by atoms with E-state index in [1.54, 1.807) is 4.90 Å². The van der Waals surface area contributed by atoms with E-state index in [-0.39, 0.29) is 12.0 Å². The summed E-state index contributed by atoms with van der Waals surface area (Å²) in [4.78, 5) is 16.1. The fraction of sp³-hybridized carbons (Fsp3) is 0.923. The lowest BCUT2D eigenvalue weighted by atomic mass is 9.96. The van der Waals surface area contributed by atoms with Gasteiger partial charge in [0.1, 0.15) is 0 Å². The molecule has 1 amide bonds. The number of rotatable bonds is 2. The van der Waals surface area contributed by atoms with Crippen LogP contribution in [0.1, 0.15) is 26.2 Å². The van der Waals surface area contributed by atoms with Gasteiger partial charge in [-0.05, 0) is 25.2 Å². The molecule has 2 heterocycles. The molecule has 2 fully saturated rings. The summed E-state index contributed by atoms with van der Waals surface area (Å²) in [6, 6.07) is 0.300. The molecule has 2 unspecified atom stereocenters. The van der Waals surface area contributed by atoms with Gasteiger partial charge in [-0.15, -0.1) is 0 Å². The minimum Gasteiger partial charge on any atom is -0.391 e. The van der Waals surface area contributed by atoms with E-state index in [0.29, 0.717) is 25.0 Å². The number of piperidine rings is 2. The molecule has 0 aromatic heterocycles. The molecule has 2 aliphatic rings. The Morgan fingerprint density at radius 1 is 1.28 bits per heavy atom. The third kappa shape index (κ3) is 3.43. The van der Waals surface area contributed by atoms with Gasteiger partial charge >= 0.3 is 0 Å². The van der Waals surface area contributed by atoms with E-state index >= 15 is 0 Å². The SMILES string of the molecule is CC1CCN(C(=O)CN2CCC(N)CC2)CC1O. The Bertz CT molecular complexity index is 290. The van der Waals surface area contributed by atoms with Crippen LogP contribution in [0.2, 0.25) is 0 Å². The van der Waals surface area contributed by atoms with Crippen molar-refractivity contribution < 1.29 is 9.90 Å². The number of hydrogen-bond acceptors (Lipinski definition) is 4. The maximum absolute atomic E-state index is 12.1. The summed E-state index contributed by atoms with van der Waals surface area (Å²) in [6.07, 6.45) is 2.50. The molecule has 104 valence electrons. The number of β-amino-alcohol motifs (C(OH)–C–C–N with tert-alkyl or cyclic N) is 1. The van der Waals surface area contributed by atoms with Crippen molar-refractivity contribution in [3.63, 3.8) is 0 Å². The quantitative estimate of drug-likeness (QED) is 0.707. The predicted molar refractivity (Wildman–Crippen MR) is 70.0 cm³/mol. The minimum atomic E-state index is -0.363. The van der Waals surface area contributed by atoms with Crippen LogP contribution in [-0.2, 0) is 4.79 Å². The first-order chi connectivity index (χ1) is 8.56. The highest BCUT2D eigenvalue weighted by molar-refractivity contribution is 5.78. The number of nitrogens with zero attached hydrogens (tertiary/aromatic N) is 2. The number of aliphatic hydroxyl groups is 1. The molecule has 0 saturated carbocycles. The van der Waals surface area contributed by atoms with Crippen LogP contribution in [0.5, 0.6) is 0 Å². The second kappa shape index (κ2) is 5.99. The molecule has 0 radical (unpaired) electrons. The number of aliphatic hydroxyl groups excluding tert-OH is 1. The van der Waals surface area contributed by atoms with Crippen molar-refractivity contribution in [2.24, 2.45) is 11.7 Å². The van der Waals surface area contributed by atoms with Crippen LogP contribution >= 0.6 is 0 Å². The van der Waals surface area contributed by atoms with Gasteiger partial charge < -0.3 is 15.7 Å². The van der Waals surface area contributed by atoms with Crippen molar-refractivity contribution in [1.29, 1.82) is 0 Å². The molecule has 2 rings (SSSR count). The monoisotopic (exact) mass is 255 g/mol. The zero-order valence-corrected chi connectivity index (χ0v) is 11.2. The number of hydrogen-bond donors (Lipinski definition) is 2. The van der Waals surface area contributed by atoms with Gasteiger partial charge in [-0.3, -0.25) is 9.69 Å². The molecule has 0 aromatic carbocycles. The van der Waals surface area contributed by atoms with Crippen LogP contribution in [0.4, 0.5) is 0 Å². The van der Waals surface area contributed by atoms with Crippen molar-refractivity contribution in [2.45, 2.75) is 38.3 Å². The van der Waals surface area contributed by atoms with E-state index in [4.69, 9.17) is 5.73 Å². The summed E-state index contributed by atoms with van der Waals surface area (Å²) in [5.41, 5.74) is 5.85. The van der Waals surface area contributed by atoms with E-state index in [9.17, 15) is 9.90 Å². The van der Waals surface area contributed by atoms with Crippen LogP contribution < -0.4 is 5.73 Å². The van der Waals surface area contributed by atoms with E-state index < -0.39 is 0 Å². The molecule has 0 spiro atoms. The Labute approximate surface area is 109 Å². The lowest BCUT2D eigenvalue weighted by molar-refractivity contribution is -0.136. The molecule has 5 nitrogen and oxygen atoms in total. The number of carbonyl (C=O) groups excluding carboxylic acids is 1. The highest BCUT2D eigenvalue weighted by Crippen LogP contribution is 2.17. The van der Waals surface area contributed by atoms with Crippen LogP contribution in [-0.4, -0.2) is 65.7 Å². The highest BCUT2D eigenvalue weighted by Gasteiger charge is 2.28. The smallest absolute Gasteiger partial charge is 0.236 e. The van der Waals surface area contributed by atoms with E-state index in [1.165, 1.54) is 0 Å². The van der Waals surface area contributed by atoms with E-state index in [1.807, 2.05) is 6.92 Å². The summed E-state index contributed by atoms with van der Waals surface area (Å²) in [5.74, 6) is 0.457. The minimum absolute atomic E-state index is 0.149. The second-order valence-corrected chi connectivity index (χ2v) is 5.79. The first-order valence-electron chi connectivity index (χ1n) is 7.00. The Hall–Kier alpha value is -0.650. The molecule has 2 aliphatic heterocycles. The fourth-order valence-electron chi connectivity index (χ4n) is 2.68. The Morgan fingerprint density at radius 2 is 1.94 bits per heavy atom. The molecule has 3 N–H and O–H groups in total. The summed E-state index contributed by atoms with van der Waals surface area (Å²) in [7, 11) is 0. The van der Waals surface area contributed by atoms with Gasteiger partial charge in [0.15, 0.2) is 0 Å². The van der Waals surface area contributed by atoms with Gasteiger partial charge in [-0.1, -0.05) is 6.92 Å². The highest BCUT2D eigenvalue weighted by atomic mass is 16.3. The summed E-state index contributed by atoms with van der Waals surface area (Å²) >= 11 is 0. The first-order valence-corrected chi connectivity index (χ1v) is 7.00. The molecule has 0 aliphatic carbocycles. The molecule has 0 bridgehead atoms. The Balaban J connectivity index is 1.78. The number of likely N-dealkylation sites (tertiary alicyclic amines) is 2. The van der Waals surface area contributed by atoms with E-state index in [0.717, 1.165) is 38.9 Å². The average molecular weight is 255 g/mol. The van der Waals surface area contributed by atoms with Gasteiger partial charge in [0.05, 0.1) is 12.6 Å². The third-order valence-corrected chi connectivity index (χ3v) is 4.26. The van der Waals surface area contributed by atoms with E-state index in [2.05, 4.69) is 4.90 Å². The molecular weight excluding hydrogens is 230 g/mol. The number of amides is 1. The summed E-state index contributed by atoms with van der Waals surface area (Å²) in [6.45, 7) is 5.63. The van der Waals surface area contributed by atoms with Crippen molar-refractivity contribution in [3.05, 3.63) is 0 Å². The topological polar surface area (TPSA) is 69.8 Å². The maximum atomic E-state index is 12.1. The number of nitrogens with two attached hydrogens (primary N) is 1. The van der Waals surface area contributed by atoms with Gasteiger partial charge in [0.25, 0.3) is 0 Å². The lowest BCUT2D eigenvalue weighted by Gasteiger charge is -2.36. The molecule has 5 heteroatoms. The maximum Gasteiger partial charge on any atom is 0.236 e. The average Bonchev–Trinajstić information content (AvgIpc) is 2.35. The first kappa shape index (κ1) is 13.8. The third-order valence-electron chi connectivity index (χ3n) is 4.26. The standard InChI is InChI=1S/C13H25N3O2/c1-10-2-7-16(8-12(10)17)13(18)9-15-5-3-11(14)4-6-15/h10-12,17H,2-9,14H2,1H3. The van der Waals surface area contributed by atoms with Crippen LogP contribution in [0.15, 0.2) is 0 Å². The molecule has 18 heavy (non-hydrogen) atoms. The fourth-order valence-corrected chi connectivity index (χ4v) is 2.68. The Kier molecular flexibility index (Phi) is 4.59. The normalized spacial score (nSPS) is 31.6. The molecular formula is C13H25N3O2. The van der Waals surface area contributed by atoms with Gasteiger partial charge in [0, 0.05) is 32.2 Å². The van der Waals surface area contributed by atoms with Crippen molar-refractivity contribution >= 4 is 5.91 Å². The van der Waals surface area contributed by atoms with Crippen LogP contribution in [0.25, 0.3) is 0 Å². The number of carbonyl (C=O) groups is 1. The Morgan fingerprint density at radius 3 is 2.56 bits per heavy atom.